The van der Waals surface area contributed by atoms with E-state index in [9.17, 15) is 18.0 Å². The number of hydrogen-bond donors (Lipinski definition) is 2. The van der Waals surface area contributed by atoms with E-state index < -0.39 is 17.6 Å². The van der Waals surface area contributed by atoms with E-state index in [1.54, 1.807) is 0 Å². The topological polar surface area (TPSA) is 55.1 Å². The number of nitrogens with one attached hydrogen (secondary N) is 1. The van der Waals surface area contributed by atoms with Crippen LogP contribution in [0.5, 0.6) is 0 Å². The van der Waals surface area contributed by atoms with Gasteiger partial charge in [-0.2, -0.15) is 13.2 Å². The lowest BCUT2D eigenvalue weighted by atomic mass is 9.81. The highest BCUT2D eigenvalue weighted by Crippen LogP contribution is 2.30. The van der Waals surface area contributed by atoms with Gasteiger partial charge >= 0.3 is 6.18 Å². The van der Waals surface area contributed by atoms with E-state index in [-0.39, 0.29) is 6.54 Å². The van der Waals surface area contributed by atoms with Crippen LogP contribution >= 0.6 is 0 Å². The molecule has 0 radical (unpaired) electrons. The van der Waals surface area contributed by atoms with Crippen molar-refractivity contribution in [2.75, 3.05) is 6.54 Å². The molecule has 0 aromatic carbocycles. The van der Waals surface area contributed by atoms with Crippen molar-refractivity contribution in [3.8, 4) is 0 Å². The van der Waals surface area contributed by atoms with Gasteiger partial charge in [-0.1, -0.05) is 32.6 Å². The van der Waals surface area contributed by atoms with Crippen molar-refractivity contribution < 1.29 is 18.0 Å². The highest BCUT2D eigenvalue weighted by molar-refractivity contribution is 5.86. The Hall–Kier alpha value is -0.780. The van der Waals surface area contributed by atoms with Gasteiger partial charge in [0.2, 0.25) is 5.91 Å². The van der Waals surface area contributed by atoms with Gasteiger partial charge in [-0.15, -0.1) is 0 Å². The van der Waals surface area contributed by atoms with E-state index in [4.69, 9.17) is 5.73 Å². The predicted molar refractivity (Wildman–Crippen MR) is 67.4 cm³/mol. The van der Waals surface area contributed by atoms with Crippen molar-refractivity contribution in [3.05, 3.63) is 0 Å². The number of carbonyl (C=O) groups excluding carboxylic acids is 1. The Morgan fingerprint density at radius 3 is 2.26 bits per heavy atom. The smallest absolute Gasteiger partial charge is 0.354 e. The predicted octanol–water partition coefficient (Wildman–Crippen LogP) is 2.60. The molecule has 1 amide bonds. The molecule has 1 aliphatic carbocycles. The van der Waals surface area contributed by atoms with Crippen LogP contribution in [-0.2, 0) is 4.79 Å². The van der Waals surface area contributed by atoms with Crippen LogP contribution in [-0.4, -0.2) is 24.2 Å². The minimum atomic E-state index is -4.72. The maximum atomic E-state index is 12.5. The molecule has 3 nitrogen and oxygen atoms in total. The highest BCUT2D eigenvalue weighted by Gasteiger charge is 2.53. The number of alkyl halides is 3. The molecule has 0 aromatic rings. The second kappa shape index (κ2) is 6.11. The molecular formula is C13H23F3N2O. The fourth-order valence-electron chi connectivity index (χ4n) is 2.32. The largest absolute Gasteiger partial charge is 0.415 e. The summed E-state index contributed by atoms with van der Waals surface area (Å²) in [7, 11) is 0. The van der Waals surface area contributed by atoms with E-state index in [2.05, 4.69) is 12.2 Å². The fraction of sp³-hybridized carbons (Fsp3) is 0.923. The number of amides is 1. The first-order chi connectivity index (χ1) is 8.64. The summed E-state index contributed by atoms with van der Waals surface area (Å²) in [6, 6.07) is 0. The summed E-state index contributed by atoms with van der Waals surface area (Å²) in [6.07, 6.45) is 0.516. The molecule has 1 atom stereocenters. The second-order valence-corrected chi connectivity index (χ2v) is 5.87. The summed E-state index contributed by atoms with van der Waals surface area (Å²) in [5.41, 5.74) is 2.23. The molecule has 0 aliphatic heterocycles. The number of hydrogen-bond acceptors (Lipinski definition) is 2. The standard InChI is InChI=1S/C13H23F3N2O/c1-9-3-5-10(6-4-9)7-8-18-11(19)12(2,17)13(14,15)16/h9-10H,3-8,17H2,1-2H3,(H,18,19). The van der Waals surface area contributed by atoms with Gasteiger partial charge in [0.15, 0.2) is 5.54 Å². The third-order valence-corrected chi connectivity index (χ3v) is 4.03. The molecule has 3 N–H and O–H groups in total. The summed E-state index contributed by atoms with van der Waals surface area (Å²) in [4.78, 5) is 11.4. The Bertz CT molecular complexity index is 308. The quantitative estimate of drug-likeness (QED) is 0.831. The number of halogens is 3. The van der Waals surface area contributed by atoms with Crippen LogP contribution in [0.3, 0.4) is 0 Å². The SMILES string of the molecule is CC1CCC(CCNC(=O)C(C)(N)C(F)(F)F)CC1. The lowest BCUT2D eigenvalue weighted by molar-refractivity contribution is -0.187. The van der Waals surface area contributed by atoms with Crippen LogP contribution in [0.4, 0.5) is 13.2 Å². The summed E-state index contributed by atoms with van der Waals surface area (Å²) in [5, 5.41) is 2.30. The zero-order valence-electron chi connectivity index (χ0n) is 11.5. The molecule has 1 aliphatic rings. The van der Waals surface area contributed by atoms with Crippen molar-refractivity contribution in [3.63, 3.8) is 0 Å². The summed E-state index contributed by atoms with van der Waals surface area (Å²) in [5.74, 6) is 0.0963. The van der Waals surface area contributed by atoms with Crippen LogP contribution in [0, 0.1) is 11.8 Å². The third kappa shape index (κ3) is 4.37. The summed E-state index contributed by atoms with van der Waals surface area (Å²) in [6.45, 7) is 3.17. The van der Waals surface area contributed by atoms with Gasteiger partial charge in [0.05, 0.1) is 0 Å². The maximum absolute atomic E-state index is 12.5. The summed E-state index contributed by atoms with van der Waals surface area (Å²) >= 11 is 0. The van der Waals surface area contributed by atoms with Gasteiger partial charge in [0.25, 0.3) is 0 Å². The van der Waals surface area contributed by atoms with E-state index in [1.165, 1.54) is 0 Å². The van der Waals surface area contributed by atoms with Crippen LogP contribution in [0.25, 0.3) is 0 Å². The van der Waals surface area contributed by atoms with Crippen LogP contribution in [0.15, 0.2) is 0 Å². The molecule has 1 rings (SSSR count). The molecule has 0 heterocycles. The molecule has 0 spiro atoms. The third-order valence-electron chi connectivity index (χ3n) is 4.03. The number of nitrogens with two attached hydrogens (primary N) is 1. The molecule has 1 saturated carbocycles. The minimum Gasteiger partial charge on any atom is -0.354 e. The molecule has 6 heteroatoms. The van der Waals surface area contributed by atoms with Crippen LogP contribution in [0.1, 0.15) is 46.0 Å². The van der Waals surface area contributed by atoms with Gasteiger partial charge in [-0.3, -0.25) is 4.79 Å². The number of carbonyl (C=O) groups is 1. The van der Waals surface area contributed by atoms with Crippen LogP contribution in [0.2, 0.25) is 0 Å². The summed E-state index contributed by atoms with van der Waals surface area (Å²) < 4.78 is 37.6. The van der Waals surface area contributed by atoms with Crippen LogP contribution < -0.4 is 11.1 Å². The van der Waals surface area contributed by atoms with Crippen molar-refractivity contribution >= 4 is 5.91 Å². The lowest BCUT2D eigenvalue weighted by Crippen LogP contribution is -2.61. The molecular weight excluding hydrogens is 257 g/mol. The Morgan fingerprint density at radius 1 is 1.26 bits per heavy atom. The highest BCUT2D eigenvalue weighted by atomic mass is 19.4. The first-order valence-electron chi connectivity index (χ1n) is 6.78. The molecule has 1 fully saturated rings. The van der Waals surface area contributed by atoms with Gasteiger partial charge in [-0.25, -0.2) is 0 Å². The first kappa shape index (κ1) is 16.3. The molecule has 0 aromatic heterocycles. The van der Waals surface area contributed by atoms with Crippen molar-refractivity contribution in [1.29, 1.82) is 0 Å². The maximum Gasteiger partial charge on any atom is 0.415 e. The van der Waals surface area contributed by atoms with Crippen molar-refractivity contribution in [1.82, 2.24) is 5.32 Å². The fourth-order valence-corrected chi connectivity index (χ4v) is 2.32. The van der Waals surface area contributed by atoms with Gasteiger partial charge < -0.3 is 11.1 Å². The van der Waals surface area contributed by atoms with E-state index in [1.807, 2.05) is 0 Å². The minimum absolute atomic E-state index is 0.265. The van der Waals surface area contributed by atoms with Gasteiger partial charge in [-0.05, 0) is 25.2 Å². The molecule has 1 unspecified atom stereocenters. The zero-order chi connectivity index (χ0) is 14.7. The average molecular weight is 280 g/mol. The average Bonchev–Trinajstić information content (AvgIpc) is 2.30. The van der Waals surface area contributed by atoms with Crippen molar-refractivity contribution in [2.45, 2.75) is 57.7 Å². The normalized spacial score (nSPS) is 27.7. The molecule has 112 valence electrons. The van der Waals surface area contributed by atoms with E-state index in [0.29, 0.717) is 12.8 Å². The Kier molecular flexibility index (Phi) is 5.24. The first-order valence-corrected chi connectivity index (χ1v) is 6.78. The van der Waals surface area contributed by atoms with Gasteiger partial charge in [0.1, 0.15) is 0 Å². The Morgan fingerprint density at radius 2 is 1.79 bits per heavy atom. The van der Waals surface area contributed by atoms with E-state index in [0.717, 1.165) is 38.0 Å². The van der Waals surface area contributed by atoms with Crippen molar-refractivity contribution in [2.24, 2.45) is 17.6 Å². The monoisotopic (exact) mass is 280 g/mol. The van der Waals surface area contributed by atoms with Gasteiger partial charge in [0, 0.05) is 6.54 Å². The zero-order valence-corrected chi connectivity index (χ0v) is 11.5. The molecule has 0 saturated heterocycles. The number of rotatable bonds is 4. The lowest BCUT2D eigenvalue weighted by Gasteiger charge is -2.28. The Labute approximate surface area is 112 Å². The molecule has 0 bridgehead atoms. The second-order valence-electron chi connectivity index (χ2n) is 5.87. The Balaban J connectivity index is 2.31. The molecule has 19 heavy (non-hydrogen) atoms. The van der Waals surface area contributed by atoms with E-state index >= 15 is 0 Å².